The van der Waals surface area contributed by atoms with E-state index in [4.69, 9.17) is 0 Å². The van der Waals surface area contributed by atoms with Gasteiger partial charge in [0.05, 0.1) is 10.4 Å². The van der Waals surface area contributed by atoms with Crippen LogP contribution in [0.3, 0.4) is 0 Å². The van der Waals surface area contributed by atoms with Crippen molar-refractivity contribution in [1.82, 2.24) is 0 Å². The lowest BCUT2D eigenvalue weighted by molar-refractivity contribution is 1.30. The van der Waals surface area contributed by atoms with Crippen LogP contribution >= 0.6 is 11.3 Å². The van der Waals surface area contributed by atoms with Gasteiger partial charge >= 0.3 is 0 Å². The van der Waals surface area contributed by atoms with Crippen molar-refractivity contribution in [3.8, 4) is 44.5 Å². The standard InChI is InChI=1S/C52H35NS/c1-3-15-36(16-4-1)42-32-43(37-17-5-2-6-18-37)35-45(34-42)53(50-29-14-28-49-48-26-9-10-30-51(48)54-52(49)50)44-24-12-22-40(33-44)39-21-11-23-41(31-39)47-27-13-20-38-19-7-8-25-46(38)47/h1-35H. The van der Waals surface area contributed by atoms with Crippen molar-refractivity contribution in [1.29, 1.82) is 0 Å². The summed E-state index contributed by atoms with van der Waals surface area (Å²) in [6.45, 7) is 0. The molecule has 10 aromatic rings. The highest BCUT2D eigenvalue weighted by Crippen LogP contribution is 2.47. The molecule has 1 aromatic heterocycles. The van der Waals surface area contributed by atoms with Crippen LogP contribution in [0.25, 0.3) is 75.5 Å². The second kappa shape index (κ2) is 13.7. The lowest BCUT2D eigenvalue weighted by Crippen LogP contribution is -2.10. The van der Waals surface area contributed by atoms with Crippen LogP contribution in [0.5, 0.6) is 0 Å². The Labute approximate surface area is 319 Å². The Hall–Kier alpha value is -6.74. The van der Waals surface area contributed by atoms with E-state index in [1.807, 2.05) is 11.3 Å². The summed E-state index contributed by atoms with van der Waals surface area (Å²) in [5.74, 6) is 0. The fourth-order valence-electron chi connectivity index (χ4n) is 7.84. The molecule has 9 aromatic carbocycles. The second-order valence-electron chi connectivity index (χ2n) is 13.7. The van der Waals surface area contributed by atoms with E-state index in [9.17, 15) is 0 Å². The Morgan fingerprint density at radius 1 is 0.315 bits per heavy atom. The molecule has 0 unspecified atom stereocenters. The van der Waals surface area contributed by atoms with Gasteiger partial charge in [0, 0.05) is 26.8 Å². The monoisotopic (exact) mass is 705 g/mol. The van der Waals surface area contributed by atoms with Crippen LogP contribution in [0.1, 0.15) is 0 Å². The number of fused-ring (bicyclic) bond motifs is 4. The highest BCUT2D eigenvalue weighted by Gasteiger charge is 2.20. The number of hydrogen-bond acceptors (Lipinski definition) is 2. The average molecular weight is 706 g/mol. The van der Waals surface area contributed by atoms with Crippen molar-refractivity contribution in [3.05, 3.63) is 212 Å². The first kappa shape index (κ1) is 32.0. The Bertz CT molecular complexity index is 2880. The van der Waals surface area contributed by atoms with Gasteiger partial charge in [0.1, 0.15) is 0 Å². The summed E-state index contributed by atoms with van der Waals surface area (Å²) in [6, 6.07) is 77.2. The summed E-state index contributed by atoms with van der Waals surface area (Å²) in [6.07, 6.45) is 0. The molecule has 0 spiro atoms. The van der Waals surface area contributed by atoms with E-state index in [-0.39, 0.29) is 0 Å². The predicted molar refractivity (Wildman–Crippen MR) is 233 cm³/mol. The maximum atomic E-state index is 2.47. The fourth-order valence-corrected chi connectivity index (χ4v) is 9.04. The molecule has 0 saturated carbocycles. The minimum atomic E-state index is 1.11. The molecule has 10 rings (SSSR count). The third kappa shape index (κ3) is 5.84. The summed E-state index contributed by atoms with van der Waals surface area (Å²) >= 11 is 1.87. The molecule has 2 heteroatoms. The van der Waals surface area contributed by atoms with E-state index in [0.29, 0.717) is 0 Å². The molecule has 0 aliphatic carbocycles. The van der Waals surface area contributed by atoms with E-state index in [2.05, 4.69) is 217 Å². The molecule has 0 amide bonds. The molecular formula is C52H35NS. The largest absolute Gasteiger partial charge is 0.309 e. The van der Waals surface area contributed by atoms with Gasteiger partial charge in [-0.2, -0.15) is 0 Å². The first-order valence-electron chi connectivity index (χ1n) is 18.4. The molecule has 0 aliphatic heterocycles. The molecule has 0 bridgehead atoms. The maximum Gasteiger partial charge on any atom is 0.0640 e. The van der Waals surface area contributed by atoms with Crippen LogP contribution < -0.4 is 4.90 Å². The summed E-state index contributed by atoms with van der Waals surface area (Å²) in [7, 11) is 0. The molecule has 0 atom stereocenters. The van der Waals surface area contributed by atoms with Crippen molar-refractivity contribution >= 4 is 59.3 Å². The Balaban J connectivity index is 1.19. The zero-order chi connectivity index (χ0) is 35.8. The molecule has 1 heterocycles. The molecule has 0 radical (unpaired) electrons. The van der Waals surface area contributed by atoms with Crippen LogP contribution in [0.4, 0.5) is 17.1 Å². The summed E-state index contributed by atoms with van der Waals surface area (Å²) in [5, 5.41) is 5.09. The van der Waals surface area contributed by atoms with E-state index >= 15 is 0 Å². The SMILES string of the molecule is c1ccc(-c2cc(-c3ccccc3)cc(N(c3cccc(-c4cccc(-c5cccc6ccccc56)c4)c3)c3cccc4c3sc3ccccc34)c2)cc1. The molecule has 1 nitrogen and oxygen atoms in total. The van der Waals surface area contributed by atoms with Crippen LogP contribution in [0, 0.1) is 0 Å². The molecule has 0 fully saturated rings. The van der Waals surface area contributed by atoms with Gasteiger partial charge in [0.2, 0.25) is 0 Å². The predicted octanol–water partition coefficient (Wildman–Crippen LogP) is 15.3. The third-order valence-electron chi connectivity index (χ3n) is 10.4. The fraction of sp³-hybridized carbons (Fsp3) is 0. The van der Waals surface area contributed by atoms with Gasteiger partial charge < -0.3 is 4.90 Å². The highest BCUT2D eigenvalue weighted by molar-refractivity contribution is 7.26. The van der Waals surface area contributed by atoms with Gasteiger partial charge in [-0.25, -0.2) is 0 Å². The van der Waals surface area contributed by atoms with E-state index < -0.39 is 0 Å². The summed E-state index contributed by atoms with van der Waals surface area (Å²) < 4.78 is 2.57. The lowest BCUT2D eigenvalue weighted by atomic mass is 9.95. The van der Waals surface area contributed by atoms with E-state index in [1.165, 1.54) is 81.1 Å². The molecule has 254 valence electrons. The number of anilines is 3. The normalized spacial score (nSPS) is 11.3. The molecular weight excluding hydrogens is 671 g/mol. The zero-order valence-corrected chi connectivity index (χ0v) is 30.4. The van der Waals surface area contributed by atoms with Gasteiger partial charge in [-0.1, -0.05) is 164 Å². The van der Waals surface area contributed by atoms with Crippen LogP contribution in [-0.4, -0.2) is 0 Å². The van der Waals surface area contributed by atoms with Gasteiger partial charge in [-0.15, -0.1) is 11.3 Å². The minimum absolute atomic E-state index is 1.11. The first-order valence-corrected chi connectivity index (χ1v) is 19.2. The van der Waals surface area contributed by atoms with E-state index in [0.717, 1.165) is 11.4 Å². The third-order valence-corrected chi connectivity index (χ3v) is 11.6. The van der Waals surface area contributed by atoms with Gasteiger partial charge in [0.15, 0.2) is 0 Å². The lowest BCUT2D eigenvalue weighted by Gasteiger charge is -2.28. The number of benzene rings is 9. The van der Waals surface area contributed by atoms with Crippen LogP contribution in [-0.2, 0) is 0 Å². The minimum Gasteiger partial charge on any atom is -0.309 e. The number of rotatable bonds is 7. The van der Waals surface area contributed by atoms with E-state index in [1.54, 1.807) is 0 Å². The van der Waals surface area contributed by atoms with Crippen LogP contribution in [0.15, 0.2) is 212 Å². The summed E-state index contributed by atoms with van der Waals surface area (Å²) in [4.78, 5) is 2.47. The molecule has 0 aliphatic rings. The van der Waals surface area contributed by atoms with Crippen molar-refractivity contribution in [2.75, 3.05) is 4.90 Å². The van der Waals surface area contributed by atoms with Crippen molar-refractivity contribution in [2.24, 2.45) is 0 Å². The van der Waals surface area contributed by atoms with Gasteiger partial charge in [0.25, 0.3) is 0 Å². The Morgan fingerprint density at radius 3 is 1.61 bits per heavy atom. The second-order valence-corrected chi connectivity index (χ2v) is 14.8. The first-order chi connectivity index (χ1) is 26.8. The molecule has 0 N–H and O–H groups in total. The Kier molecular flexibility index (Phi) is 8.09. The number of hydrogen-bond donors (Lipinski definition) is 0. The average Bonchev–Trinajstić information content (AvgIpc) is 3.64. The van der Waals surface area contributed by atoms with Crippen LogP contribution in [0.2, 0.25) is 0 Å². The van der Waals surface area contributed by atoms with Gasteiger partial charge in [-0.3, -0.25) is 0 Å². The highest BCUT2D eigenvalue weighted by atomic mass is 32.1. The van der Waals surface area contributed by atoms with Gasteiger partial charge in [-0.05, 0) is 104 Å². The topological polar surface area (TPSA) is 3.24 Å². The molecule has 54 heavy (non-hydrogen) atoms. The summed E-state index contributed by atoms with van der Waals surface area (Å²) in [5.41, 5.74) is 12.9. The number of thiophene rings is 1. The number of nitrogens with zero attached hydrogens (tertiary/aromatic N) is 1. The maximum absolute atomic E-state index is 2.47. The quantitative estimate of drug-likeness (QED) is 0.160. The molecule has 0 saturated heterocycles. The van der Waals surface area contributed by atoms with Crippen molar-refractivity contribution in [2.45, 2.75) is 0 Å². The Morgan fingerprint density at radius 2 is 0.833 bits per heavy atom. The zero-order valence-electron chi connectivity index (χ0n) is 29.6. The smallest absolute Gasteiger partial charge is 0.0640 e. The van der Waals surface area contributed by atoms with Crippen molar-refractivity contribution < 1.29 is 0 Å². The van der Waals surface area contributed by atoms with Crippen molar-refractivity contribution in [3.63, 3.8) is 0 Å².